The highest BCUT2D eigenvalue weighted by molar-refractivity contribution is 7.91. The first-order valence-electron chi connectivity index (χ1n) is 13.0. The lowest BCUT2D eigenvalue weighted by molar-refractivity contribution is 0.144. The van der Waals surface area contributed by atoms with Crippen molar-refractivity contribution in [3.63, 3.8) is 0 Å². The maximum atomic E-state index is 12.6. The summed E-state index contributed by atoms with van der Waals surface area (Å²) in [5, 5.41) is 7.77. The molecule has 2 atom stereocenters. The fourth-order valence-electron chi connectivity index (χ4n) is 4.87. The van der Waals surface area contributed by atoms with Gasteiger partial charge in [-0.2, -0.15) is 5.10 Å². The Hall–Kier alpha value is -3.04. The smallest absolute Gasteiger partial charge is 0.407 e. The minimum Gasteiger partial charge on any atom is -0.494 e. The highest BCUT2D eigenvalue weighted by atomic mass is 35.5. The predicted molar refractivity (Wildman–Crippen MR) is 147 cm³/mol. The molecule has 1 aliphatic carbocycles. The van der Waals surface area contributed by atoms with Crippen LogP contribution in [0.15, 0.2) is 59.8 Å². The number of benzene rings is 2. The van der Waals surface area contributed by atoms with Crippen LogP contribution in [0.1, 0.15) is 49.3 Å². The molecule has 1 aliphatic rings. The molecule has 2 unspecified atom stereocenters. The molecule has 38 heavy (non-hydrogen) atoms. The number of sulfone groups is 1. The average Bonchev–Trinajstić information content (AvgIpc) is 3.39. The zero-order valence-electron chi connectivity index (χ0n) is 21.7. The number of hydrogen-bond acceptors (Lipinski definition) is 6. The number of nitrogens with zero attached hydrogens (tertiary/aromatic N) is 2. The minimum absolute atomic E-state index is 0.000605. The Kier molecular flexibility index (Phi) is 9.33. The van der Waals surface area contributed by atoms with Gasteiger partial charge in [0.15, 0.2) is 9.84 Å². The summed E-state index contributed by atoms with van der Waals surface area (Å²) in [6.45, 7) is 4.88. The molecule has 0 radical (unpaired) electrons. The number of amides is 1. The molecule has 0 fully saturated rings. The number of nitrogens with one attached hydrogen (secondary N) is 1. The van der Waals surface area contributed by atoms with E-state index in [0.717, 1.165) is 24.0 Å². The van der Waals surface area contributed by atoms with Gasteiger partial charge in [0.1, 0.15) is 10.6 Å². The third-order valence-electron chi connectivity index (χ3n) is 6.77. The van der Waals surface area contributed by atoms with Gasteiger partial charge in [0.2, 0.25) is 0 Å². The standard InChI is InChI=1S/C28H34ClN3O5S/c1-3-32-19-24(18-30-32)38(34,35)14-6-13-37-23-11-9-21-10-12-27(31-28(33)36-4-2)26(25(21)17-23)16-20-7-5-8-22(29)15-20/h5,7-9,11,15,17-19,26-27H,3-4,6,10,12-14,16H2,1-2H3,(H,31,33). The number of rotatable bonds is 11. The van der Waals surface area contributed by atoms with Crippen LogP contribution >= 0.6 is 11.6 Å². The number of halogens is 1. The van der Waals surface area contributed by atoms with Crippen LogP contribution in [0.5, 0.6) is 5.75 Å². The molecule has 2 aromatic carbocycles. The SMILES string of the molecule is CCOC(=O)NC1CCc2ccc(OCCCS(=O)(=O)c3cnn(CC)c3)cc2C1Cc1cccc(Cl)c1. The highest BCUT2D eigenvalue weighted by Crippen LogP contribution is 2.37. The van der Waals surface area contributed by atoms with Gasteiger partial charge in [-0.15, -0.1) is 0 Å². The Balaban J connectivity index is 1.46. The molecule has 3 aromatic rings. The number of carbonyl (C=O) groups excluding carboxylic acids is 1. The summed E-state index contributed by atoms with van der Waals surface area (Å²) in [6.07, 6.45) is 5.19. The van der Waals surface area contributed by atoms with Gasteiger partial charge in [-0.25, -0.2) is 13.2 Å². The van der Waals surface area contributed by atoms with Gasteiger partial charge in [0.25, 0.3) is 0 Å². The van der Waals surface area contributed by atoms with E-state index in [1.807, 2.05) is 43.3 Å². The van der Waals surface area contributed by atoms with Gasteiger partial charge < -0.3 is 14.8 Å². The third-order valence-corrected chi connectivity index (χ3v) is 8.76. The topological polar surface area (TPSA) is 99.5 Å². The fraction of sp³-hybridized carbons (Fsp3) is 0.429. The van der Waals surface area contributed by atoms with E-state index < -0.39 is 15.9 Å². The lowest BCUT2D eigenvalue weighted by Crippen LogP contribution is -2.43. The van der Waals surface area contributed by atoms with E-state index in [1.54, 1.807) is 17.8 Å². The molecule has 0 saturated carbocycles. The van der Waals surface area contributed by atoms with Crippen LogP contribution in [0.4, 0.5) is 4.79 Å². The van der Waals surface area contributed by atoms with Crippen LogP contribution in [0.25, 0.3) is 0 Å². The summed E-state index contributed by atoms with van der Waals surface area (Å²) in [6, 6.07) is 13.6. The Morgan fingerprint density at radius 2 is 2.05 bits per heavy atom. The zero-order chi connectivity index (χ0) is 27.1. The largest absolute Gasteiger partial charge is 0.494 e. The number of hydrogen-bond donors (Lipinski definition) is 1. The molecule has 1 aromatic heterocycles. The second kappa shape index (κ2) is 12.7. The number of carbonyl (C=O) groups is 1. The molecule has 204 valence electrons. The van der Waals surface area contributed by atoms with Gasteiger partial charge in [0.05, 0.1) is 25.2 Å². The first kappa shape index (κ1) is 28.0. The molecule has 0 aliphatic heterocycles. The molecule has 8 nitrogen and oxygen atoms in total. The molecule has 0 spiro atoms. The summed E-state index contributed by atoms with van der Waals surface area (Å²) in [5.41, 5.74) is 3.39. The van der Waals surface area contributed by atoms with Crippen molar-refractivity contribution in [3.8, 4) is 5.75 Å². The molecule has 10 heteroatoms. The quantitative estimate of drug-likeness (QED) is 0.325. The summed E-state index contributed by atoms with van der Waals surface area (Å²) < 4.78 is 38.0. The molecule has 0 saturated heterocycles. The third kappa shape index (κ3) is 7.08. The van der Waals surface area contributed by atoms with Crippen molar-refractivity contribution < 1.29 is 22.7 Å². The van der Waals surface area contributed by atoms with Crippen molar-refractivity contribution in [2.45, 2.75) is 62.9 Å². The second-order valence-electron chi connectivity index (χ2n) is 9.36. The maximum absolute atomic E-state index is 12.6. The molecule has 4 rings (SSSR count). The predicted octanol–water partition coefficient (Wildman–Crippen LogP) is 5.19. The van der Waals surface area contributed by atoms with Crippen LogP contribution in [-0.2, 0) is 34.0 Å². The van der Waals surface area contributed by atoms with E-state index in [9.17, 15) is 13.2 Å². The van der Waals surface area contributed by atoms with Crippen molar-refractivity contribution in [3.05, 3.63) is 76.6 Å². The van der Waals surface area contributed by atoms with E-state index >= 15 is 0 Å². The number of aromatic nitrogens is 2. The Morgan fingerprint density at radius 3 is 2.79 bits per heavy atom. The van der Waals surface area contributed by atoms with E-state index in [-0.39, 0.29) is 29.2 Å². The van der Waals surface area contributed by atoms with Crippen molar-refractivity contribution >= 4 is 27.5 Å². The van der Waals surface area contributed by atoms with Crippen LogP contribution < -0.4 is 10.1 Å². The zero-order valence-corrected chi connectivity index (χ0v) is 23.3. The van der Waals surface area contributed by atoms with Gasteiger partial charge >= 0.3 is 6.09 Å². The average molecular weight is 560 g/mol. The summed E-state index contributed by atoms with van der Waals surface area (Å²) in [7, 11) is -3.42. The normalized spacial score (nSPS) is 17.0. The number of fused-ring (bicyclic) bond motifs is 1. The number of ether oxygens (including phenoxy) is 2. The fourth-order valence-corrected chi connectivity index (χ4v) is 6.30. The highest BCUT2D eigenvalue weighted by Gasteiger charge is 2.31. The van der Waals surface area contributed by atoms with Gasteiger partial charge in [0, 0.05) is 29.7 Å². The molecule has 1 heterocycles. The van der Waals surface area contributed by atoms with Crippen molar-refractivity contribution in [1.82, 2.24) is 15.1 Å². The maximum Gasteiger partial charge on any atom is 0.407 e. The summed E-state index contributed by atoms with van der Waals surface area (Å²) in [4.78, 5) is 12.5. The molecular formula is C28H34ClN3O5S. The van der Waals surface area contributed by atoms with Gasteiger partial charge in [-0.3, -0.25) is 4.68 Å². The van der Waals surface area contributed by atoms with Crippen LogP contribution in [0, 0.1) is 0 Å². The van der Waals surface area contributed by atoms with Crippen LogP contribution in [0.2, 0.25) is 5.02 Å². The Morgan fingerprint density at radius 1 is 1.21 bits per heavy atom. The molecule has 1 amide bonds. The summed E-state index contributed by atoms with van der Waals surface area (Å²) >= 11 is 6.24. The monoisotopic (exact) mass is 559 g/mol. The van der Waals surface area contributed by atoms with Crippen LogP contribution in [-0.4, -0.2) is 49.3 Å². The van der Waals surface area contributed by atoms with E-state index in [2.05, 4.69) is 16.5 Å². The number of aryl methyl sites for hydroxylation is 2. The molecule has 1 N–H and O–H groups in total. The van der Waals surface area contributed by atoms with Gasteiger partial charge in [-0.1, -0.05) is 29.8 Å². The van der Waals surface area contributed by atoms with E-state index in [4.69, 9.17) is 21.1 Å². The Labute approximate surface area is 229 Å². The lowest BCUT2D eigenvalue weighted by atomic mass is 9.76. The van der Waals surface area contributed by atoms with E-state index in [0.29, 0.717) is 36.8 Å². The lowest BCUT2D eigenvalue weighted by Gasteiger charge is -2.34. The van der Waals surface area contributed by atoms with Crippen molar-refractivity contribution in [2.75, 3.05) is 19.0 Å². The van der Waals surface area contributed by atoms with Crippen molar-refractivity contribution in [1.29, 1.82) is 0 Å². The Bertz CT molecular complexity index is 1360. The number of alkyl carbamates (subject to hydrolysis) is 1. The second-order valence-corrected chi connectivity index (χ2v) is 11.9. The first-order valence-corrected chi connectivity index (χ1v) is 15.0. The minimum atomic E-state index is -3.42. The van der Waals surface area contributed by atoms with Crippen molar-refractivity contribution in [2.24, 2.45) is 0 Å². The molecular weight excluding hydrogens is 526 g/mol. The molecule has 0 bridgehead atoms. The van der Waals surface area contributed by atoms with Crippen LogP contribution in [0.3, 0.4) is 0 Å². The van der Waals surface area contributed by atoms with Gasteiger partial charge in [-0.05, 0) is 80.5 Å². The summed E-state index contributed by atoms with van der Waals surface area (Å²) in [5.74, 6) is 0.657. The van der Waals surface area contributed by atoms with E-state index in [1.165, 1.54) is 11.8 Å². The first-order chi connectivity index (χ1) is 18.3.